The zero-order chi connectivity index (χ0) is 11.4. The predicted molar refractivity (Wildman–Crippen MR) is 65.9 cm³/mol. The van der Waals surface area contributed by atoms with Crippen LogP contribution in [0.25, 0.3) is 10.6 Å². The van der Waals surface area contributed by atoms with Gasteiger partial charge >= 0.3 is 0 Å². The van der Waals surface area contributed by atoms with Gasteiger partial charge in [0.2, 0.25) is 0 Å². The number of hydrogen-bond acceptors (Lipinski definition) is 5. The fraction of sp³-hybridized carbons (Fsp3) is 0.273. The Morgan fingerprint density at radius 2 is 2.19 bits per heavy atom. The van der Waals surface area contributed by atoms with E-state index in [0.29, 0.717) is 0 Å². The standard InChI is InChI=1S/C11H14N4S/c1-15(2)14-8-11-13-7-10(16-11)9-5-3-4-6-12-9/h3-7,14H,8H2,1-2H3. The molecule has 0 spiro atoms. The minimum Gasteiger partial charge on any atom is -0.255 e. The summed E-state index contributed by atoms with van der Waals surface area (Å²) in [5.74, 6) is 0. The number of aromatic nitrogens is 2. The van der Waals surface area contributed by atoms with E-state index in [0.717, 1.165) is 22.1 Å². The van der Waals surface area contributed by atoms with Crippen LogP contribution in [0.3, 0.4) is 0 Å². The lowest BCUT2D eigenvalue weighted by Crippen LogP contribution is -2.29. The molecule has 0 amide bonds. The molecule has 0 atom stereocenters. The van der Waals surface area contributed by atoms with E-state index in [2.05, 4.69) is 15.4 Å². The molecular formula is C11H14N4S. The van der Waals surface area contributed by atoms with Crippen molar-refractivity contribution in [2.24, 2.45) is 0 Å². The molecule has 0 aliphatic rings. The fourth-order valence-electron chi connectivity index (χ4n) is 1.24. The summed E-state index contributed by atoms with van der Waals surface area (Å²) in [6.45, 7) is 0.754. The van der Waals surface area contributed by atoms with Crippen LogP contribution in [0.15, 0.2) is 30.6 Å². The quantitative estimate of drug-likeness (QED) is 0.819. The number of nitrogens with one attached hydrogen (secondary N) is 1. The fourth-order valence-corrected chi connectivity index (χ4v) is 2.07. The van der Waals surface area contributed by atoms with Crippen molar-refractivity contribution in [3.8, 4) is 10.6 Å². The molecule has 0 aromatic carbocycles. The van der Waals surface area contributed by atoms with E-state index in [9.17, 15) is 0 Å². The Balaban J connectivity index is 2.08. The third-order valence-corrected chi connectivity index (χ3v) is 3.04. The van der Waals surface area contributed by atoms with Gasteiger partial charge in [-0.25, -0.2) is 10.4 Å². The van der Waals surface area contributed by atoms with E-state index >= 15 is 0 Å². The normalized spacial score (nSPS) is 10.9. The Hall–Kier alpha value is -1.30. The van der Waals surface area contributed by atoms with Crippen LogP contribution in [-0.2, 0) is 6.54 Å². The maximum absolute atomic E-state index is 4.35. The minimum atomic E-state index is 0.754. The summed E-state index contributed by atoms with van der Waals surface area (Å²) in [5, 5.41) is 2.98. The topological polar surface area (TPSA) is 41.0 Å². The van der Waals surface area contributed by atoms with Crippen LogP contribution in [0, 0.1) is 0 Å². The van der Waals surface area contributed by atoms with Gasteiger partial charge in [0.1, 0.15) is 5.01 Å². The molecule has 2 aromatic rings. The van der Waals surface area contributed by atoms with Gasteiger partial charge in [0, 0.05) is 26.5 Å². The molecule has 0 radical (unpaired) electrons. The number of rotatable bonds is 4. The first-order chi connectivity index (χ1) is 7.75. The predicted octanol–water partition coefficient (Wildman–Crippen LogP) is 1.77. The van der Waals surface area contributed by atoms with Crippen LogP contribution < -0.4 is 5.43 Å². The van der Waals surface area contributed by atoms with Crippen LogP contribution in [-0.4, -0.2) is 29.1 Å². The van der Waals surface area contributed by atoms with E-state index in [1.165, 1.54) is 0 Å². The molecule has 0 fully saturated rings. The van der Waals surface area contributed by atoms with Gasteiger partial charge in [0.05, 0.1) is 17.1 Å². The third-order valence-electron chi connectivity index (χ3n) is 2.02. The highest BCUT2D eigenvalue weighted by atomic mass is 32.1. The maximum atomic E-state index is 4.35. The maximum Gasteiger partial charge on any atom is 0.108 e. The lowest BCUT2D eigenvalue weighted by Gasteiger charge is -2.09. The van der Waals surface area contributed by atoms with E-state index < -0.39 is 0 Å². The second-order valence-electron chi connectivity index (χ2n) is 3.56. The molecule has 0 saturated carbocycles. The van der Waals surface area contributed by atoms with E-state index in [1.807, 2.05) is 43.5 Å². The Morgan fingerprint density at radius 1 is 1.31 bits per heavy atom. The molecule has 16 heavy (non-hydrogen) atoms. The lowest BCUT2D eigenvalue weighted by molar-refractivity contribution is 0.286. The summed E-state index contributed by atoms with van der Waals surface area (Å²) in [6, 6.07) is 5.90. The molecule has 5 heteroatoms. The van der Waals surface area contributed by atoms with Crippen LogP contribution >= 0.6 is 11.3 Å². The smallest absolute Gasteiger partial charge is 0.108 e. The zero-order valence-corrected chi connectivity index (χ0v) is 10.2. The van der Waals surface area contributed by atoms with Gasteiger partial charge in [-0.05, 0) is 12.1 Å². The Kier molecular flexibility index (Phi) is 3.61. The Labute approximate surface area is 98.9 Å². The van der Waals surface area contributed by atoms with Crippen molar-refractivity contribution in [3.05, 3.63) is 35.6 Å². The molecule has 84 valence electrons. The number of hydrazine groups is 1. The first-order valence-electron chi connectivity index (χ1n) is 5.02. The summed E-state index contributed by atoms with van der Waals surface area (Å²) < 4.78 is 0. The second kappa shape index (κ2) is 5.16. The molecule has 0 aliphatic heterocycles. The minimum absolute atomic E-state index is 0.754. The molecule has 2 heterocycles. The van der Waals surface area contributed by atoms with E-state index in [1.54, 1.807) is 17.5 Å². The molecular weight excluding hydrogens is 220 g/mol. The largest absolute Gasteiger partial charge is 0.255 e. The van der Waals surface area contributed by atoms with Crippen molar-refractivity contribution in [2.75, 3.05) is 14.1 Å². The van der Waals surface area contributed by atoms with Crippen molar-refractivity contribution in [1.82, 2.24) is 20.4 Å². The lowest BCUT2D eigenvalue weighted by atomic mass is 10.3. The van der Waals surface area contributed by atoms with E-state index in [-0.39, 0.29) is 0 Å². The first kappa shape index (κ1) is 11.2. The summed E-state index contributed by atoms with van der Waals surface area (Å²) in [7, 11) is 3.93. The highest BCUT2D eigenvalue weighted by molar-refractivity contribution is 7.15. The molecule has 2 aromatic heterocycles. The van der Waals surface area contributed by atoms with Gasteiger partial charge in [-0.3, -0.25) is 9.99 Å². The number of hydrogen-bond donors (Lipinski definition) is 1. The van der Waals surface area contributed by atoms with Crippen molar-refractivity contribution >= 4 is 11.3 Å². The Morgan fingerprint density at radius 3 is 2.88 bits per heavy atom. The molecule has 0 unspecified atom stereocenters. The summed E-state index contributed by atoms with van der Waals surface area (Å²) in [4.78, 5) is 9.76. The summed E-state index contributed by atoms with van der Waals surface area (Å²) >= 11 is 1.67. The summed E-state index contributed by atoms with van der Waals surface area (Å²) in [6.07, 6.45) is 3.67. The number of thiazole rings is 1. The second-order valence-corrected chi connectivity index (χ2v) is 4.68. The van der Waals surface area contributed by atoms with Gasteiger partial charge < -0.3 is 0 Å². The van der Waals surface area contributed by atoms with Gasteiger partial charge in [-0.2, -0.15) is 0 Å². The summed E-state index contributed by atoms with van der Waals surface area (Å²) in [5.41, 5.74) is 4.17. The monoisotopic (exact) mass is 234 g/mol. The van der Waals surface area contributed by atoms with Crippen LogP contribution in [0.4, 0.5) is 0 Å². The van der Waals surface area contributed by atoms with Crippen LogP contribution in [0.1, 0.15) is 5.01 Å². The first-order valence-corrected chi connectivity index (χ1v) is 5.84. The molecule has 1 N–H and O–H groups in total. The van der Waals surface area contributed by atoms with Crippen LogP contribution in [0.5, 0.6) is 0 Å². The highest BCUT2D eigenvalue weighted by Gasteiger charge is 2.04. The average Bonchev–Trinajstić information content (AvgIpc) is 2.76. The molecule has 0 aliphatic carbocycles. The molecule has 0 saturated heterocycles. The average molecular weight is 234 g/mol. The number of pyridine rings is 1. The highest BCUT2D eigenvalue weighted by Crippen LogP contribution is 2.23. The number of nitrogens with zero attached hydrogens (tertiary/aromatic N) is 3. The van der Waals surface area contributed by atoms with Crippen molar-refractivity contribution in [1.29, 1.82) is 0 Å². The van der Waals surface area contributed by atoms with Crippen LogP contribution in [0.2, 0.25) is 0 Å². The molecule has 2 rings (SSSR count). The van der Waals surface area contributed by atoms with Gasteiger partial charge in [0.25, 0.3) is 0 Å². The Bertz CT molecular complexity index is 438. The molecule has 4 nitrogen and oxygen atoms in total. The van der Waals surface area contributed by atoms with Gasteiger partial charge in [-0.15, -0.1) is 11.3 Å². The van der Waals surface area contributed by atoms with Crippen molar-refractivity contribution in [2.45, 2.75) is 6.54 Å². The van der Waals surface area contributed by atoms with Crippen molar-refractivity contribution < 1.29 is 0 Å². The third kappa shape index (κ3) is 2.85. The van der Waals surface area contributed by atoms with Crippen molar-refractivity contribution in [3.63, 3.8) is 0 Å². The molecule has 0 bridgehead atoms. The SMILES string of the molecule is CN(C)NCc1ncc(-c2ccccn2)s1. The zero-order valence-electron chi connectivity index (χ0n) is 9.34. The van der Waals surface area contributed by atoms with E-state index in [4.69, 9.17) is 0 Å². The van der Waals surface area contributed by atoms with Gasteiger partial charge in [0.15, 0.2) is 0 Å². The van der Waals surface area contributed by atoms with Gasteiger partial charge in [-0.1, -0.05) is 6.07 Å².